The van der Waals surface area contributed by atoms with E-state index in [-0.39, 0.29) is 30.3 Å². The third-order valence-electron chi connectivity index (χ3n) is 5.27. The van der Waals surface area contributed by atoms with E-state index < -0.39 is 29.5 Å². The first-order valence-electron chi connectivity index (χ1n) is 10.5. The predicted molar refractivity (Wildman–Crippen MR) is 121 cm³/mol. The molecule has 0 saturated carbocycles. The summed E-state index contributed by atoms with van der Waals surface area (Å²) in [5.74, 6) is -1.88. The fraction of sp³-hybridized carbons (Fsp3) is 0.333. The third kappa shape index (κ3) is 6.66. The number of nitrogens with zero attached hydrogens (tertiary/aromatic N) is 2. The van der Waals surface area contributed by atoms with E-state index in [1.807, 2.05) is 6.92 Å². The van der Waals surface area contributed by atoms with Gasteiger partial charge in [0, 0.05) is 31.8 Å². The molecule has 1 atom stereocenters. The molecule has 2 amide bonds. The molecule has 0 radical (unpaired) electrons. The number of carboxylic acid groups (broad SMARTS) is 1. The van der Waals surface area contributed by atoms with Crippen LogP contribution >= 0.6 is 0 Å². The Morgan fingerprint density at radius 3 is 2.06 bits per heavy atom. The summed E-state index contributed by atoms with van der Waals surface area (Å²) in [5.41, 5.74) is 0.590. The van der Waals surface area contributed by atoms with Crippen LogP contribution in [0.15, 0.2) is 53.5 Å². The van der Waals surface area contributed by atoms with Crippen molar-refractivity contribution in [3.8, 4) is 0 Å². The van der Waals surface area contributed by atoms with E-state index in [2.05, 4.69) is 10.3 Å². The van der Waals surface area contributed by atoms with Crippen molar-refractivity contribution >= 4 is 23.5 Å². The van der Waals surface area contributed by atoms with Crippen molar-refractivity contribution in [1.82, 2.24) is 10.2 Å². The quantitative estimate of drug-likeness (QED) is 0.535. The molecule has 0 saturated heterocycles. The number of alkyl halides is 3. The Balaban J connectivity index is 2.17. The molecule has 0 aliphatic carbocycles. The highest BCUT2D eigenvalue weighted by Crippen LogP contribution is 2.29. The van der Waals surface area contributed by atoms with E-state index >= 15 is 0 Å². The maximum atomic E-state index is 13.1. The summed E-state index contributed by atoms with van der Waals surface area (Å²) in [4.78, 5) is 41.3. The van der Waals surface area contributed by atoms with Crippen molar-refractivity contribution in [1.29, 1.82) is 0 Å². The average Bonchev–Trinajstić information content (AvgIpc) is 2.79. The number of amides is 2. The molecule has 2 N–H and O–H groups in total. The second-order valence-electron chi connectivity index (χ2n) is 7.51. The number of aliphatic imine (C=N–C) groups is 1. The lowest BCUT2D eigenvalue weighted by Crippen LogP contribution is -2.36. The summed E-state index contributed by atoms with van der Waals surface area (Å²) in [6, 6.07) is 10.4. The zero-order chi connectivity index (χ0) is 25.5. The molecular weight excluding hydrogens is 451 g/mol. The second kappa shape index (κ2) is 11.4. The van der Waals surface area contributed by atoms with Crippen LogP contribution in [0.2, 0.25) is 0 Å². The Kier molecular flexibility index (Phi) is 8.94. The number of hydrogen-bond donors (Lipinski definition) is 2. The number of benzene rings is 2. The molecule has 1 unspecified atom stereocenters. The molecule has 0 aliphatic rings. The van der Waals surface area contributed by atoms with Gasteiger partial charge in [-0.3, -0.25) is 19.4 Å². The van der Waals surface area contributed by atoms with Gasteiger partial charge in [0.2, 0.25) is 0 Å². The first-order valence-corrected chi connectivity index (χ1v) is 10.5. The Morgan fingerprint density at radius 1 is 1.03 bits per heavy atom. The van der Waals surface area contributed by atoms with Gasteiger partial charge in [-0.25, -0.2) is 0 Å². The van der Waals surface area contributed by atoms with Crippen LogP contribution in [-0.2, 0) is 15.8 Å². The van der Waals surface area contributed by atoms with Crippen LogP contribution < -0.4 is 5.32 Å². The monoisotopic (exact) mass is 477 g/mol. The van der Waals surface area contributed by atoms with Crippen LogP contribution in [0.4, 0.5) is 13.2 Å². The van der Waals surface area contributed by atoms with Gasteiger partial charge in [0.15, 0.2) is 0 Å². The second-order valence-corrected chi connectivity index (χ2v) is 7.51. The summed E-state index contributed by atoms with van der Waals surface area (Å²) in [6.45, 7) is 1.88. The first-order chi connectivity index (χ1) is 16.0. The number of carbonyl (C=O) groups is 3. The number of aliphatic carboxylic acids is 1. The van der Waals surface area contributed by atoms with Crippen molar-refractivity contribution in [2.45, 2.75) is 32.0 Å². The smallest absolute Gasteiger partial charge is 0.416 e. The molecule has 2 rings (SSSR count). The Labute approximate surface area is 195 Å². The minimum Gasteiger partial charge on any atom is -0.481 e. The Morgan fingerprint density at radius 2 is 1.59 bits per heavy atom. The van der Waals surface area contributed by atoms with Crippen LogP contribution in [0.3, 0.4) is 0 Å². The number of rotatable bonds is 9. The van der Waals surface area contributed by atoms with Crippen LogP contribution in [0.1, 0.15) is 52.9 Å². The lowest BCUT2D eigenvalue weighted by atomic mass is 9.99. The largest absolute Gasteiger partial charge is 0.481 e. The number of halogens is 3. The highest BCUT2D eigenvalue weighted by Gasteiger charge is 2.31. The lowest BCUT2D eigenvalue weighted by molar-refractivity contribution is -0.138. The van der Waals surface area contributed by atoms with Gasteiger partial charge in [-0.15, -0.1) is 0 Å². The minimum atomic E-state index is -4.48. The normalized spacial score (nSPS) is 12.7. The van der Waals surface area contributed by atoms with Crippen molar-refractivity contribution in [3.63, 3.8) is 0 Å². The molecule has 0 aliphatic heterocycles. The van der Waals surface area contributed by atoms with Gasteiger partial charge in [-0.1, -0.05) is 31.2 Å². The summed E-state index contributed by atoms with van der Waals surface area (Å²) in [5, 5.41) is 11.2. The van der Waals surface area contributed by atoms with Gasteiger partial charge in [0.1, 0.15) is 5.71 Å². The van der Waals surface area contributed by atoms with Gasteiger partial charge in [-0.2, -0.15) is 13.2 Å². The van der Waals surface area contributed by atoms with Crippen molar-refractivity contribution in [2.75, 3.05) is 20.6 Å². The molecule has 34 heavy (non-hydrogen) atoms. The van der Waals surface area contributed by atoms with Crippen molar-refractivity contribution < 1.29 is 32.7 Å². The van der Waals surface area contributed by atoms with Gasteiger partial charge < -0.3 is 15.3 Å². The van der Waals surface area contributed by atoms with E-state index in [0.29, 0.717) is 12.0 Å². The Bertz CT molecular complexity index is 1050. The van der Waals surface area contributed by atoms with Crippen LogP contribution in [0.25, 0.3) is 0 Å². The van der Waals surface area contributed by atoms with E-state index in [1.54, 1.807) is 31.3 Å². The molecular formula is C24H26F3N3O4. The fourth-order valence-electron chi connectivity index (χ4n) is 3.45. The molecule has 0 heterocycles. The number of carbonyl (C=O) groups excluding carboxylic acids is 2. The molecule has 2 aromatic carbocycles. The van der Waals surface area contributed by atoms with Crippen molar-refractivity contribution in [2.24, 2.45) is 4.99 Å². The molecule has 0 bridgehead atoms. The van der Waals surface area contributed by atoms with Crippen LogP contribution in [-0.4, -0.2) is 54.1 Å². The zero-order valence-corrected chi connectivity index (χ0v) is 19.0. The minimum absolute atomic E-state index is 0.00776. The maximum absolute atomic E-state index is 13.1. The van der Waals surface area contributed by atoms with Gasteiger partial charge in [-0.05, 0) is 36.2 Å². The Hall–Kier alpha value is -3.69. The maximum Gasteiger partial charge on any atom is 0.416 e. The molecule has 0 fully saturated rings. The summed E-state index contributed by atoms with van der Waals surface area (Å²) in [7, 11) is 2.98. The first kappa shape index (κ1) is 26.6. The summed E-state index contributed by atoms with van der Waals surface area (Å²) in [6.07, 6.45) is -4.12. The SMILES string of the molecule is CCC(c1ccc(C(=O)NCCC(=O)O)cc1)N(C)C(=O)C(=NC)c1ccc(C(F)(F)F)cc1. The standard InChI is InChI=1S/C24H26F3N3O4/c1-4-19(15-5-7-17(8-6-15)22(33)29-14-13-20(31)32)30(3)23(34)21(28-2)16-9-11-18(12-10-16)24(25,26)27/h5-12,19H,4,13-14H2,1-3H3,(H,29,33)(H,31,32). The van der Waals surface area contributed by atoms with Gasteiger partial charge >= 0.3 is 12.1 Å². The van der Waals surface area contributed by atoms with E-state index in [9.17, 15) is 27.6 Å². The topological polar surface area (TPSA) is 99.1 Å². The lowest BCUT2D eigenvalue weighted by Gasteiger charge is -2.28. The molecule has 10 heteroatoms. The van der Waals surface area contributed by atoms with Crippen LogP contribution in [0.5, 0.6) is 0 Å². The van der Waals surface area contributed by atoms with E-state index in [0.717, 1.165) is 17.7 Å². The van der Waals surface area contributed by atoms with Gasteiger partial charge in [0.25, 0.3) is 11.8 Å². The number of carboxylic acids is 1. The van der Waals surface area contributed by atoms with Crippen molar-refractivity contribution in [3.05, 3.63) is 70.8 Å². The molecule has 182 valence electrons. The third-order valence-corrected chi connectivity index (χ3v) is 5.27. The summed E-state index contributed by atoms with van der Waals surface area (Å²) < 4.78 is 38.5. The summed E-state index contributed by atoms with van der Waals surface area (Å²) >= 11 is 0. The average molecular weight is 477 g/mol. The zero-order valence-electron chi connectivity index (χ0n) is 19.0. The number of likely N-dealkylation sites (N-methyl/N-ethyl adjacent to an activating group) is 1. The highest BCUT2D eigenvalue weighted by molar-refractivity contribution is 6.45. The number of nitrogens with one attached hydrogen (secondary N) is 1. The van der Waals surface area contributed by atoms with Crippen LogP contribution in [0, 0.1) is 0 Å². The molecule has 0 spiro atoms. The number of hydrogen-bond acceptors (Lipinski definition) is 4. The van der Waals surface area contributed by atoms with E-state index in [1.165, 1.54) is 24.1 Å². The fourth-order valence-corrected chi connectivity index (χ4v) is 3.45. The molecule has 2 aromatic rings. The molecule has 0 aromatic heterocycles. The highest BCUT2D eigenvalue weighted by atomic mass is 19.4. The molecule has 7 nitrogen and oxygen atoms in total. The van der Waals surface area contributed by atoms with E-state index in [4.69, 9.17) is 5.11 Å². The predicted octanol–water partition coefficient (Wildman–Crippen LogP) is 3.94. The van der Waals surface area contributed by atoms with Gasteiger partial charge in [0.05, 0.1) is 18.0 Å².